The zero-order chi connectivity index (χ0) is 19.0. The molecule has 3 heterocycles. The normalized spacial score (nSPS) is 23.3. The molecule has 0 saturated carbocycles. The van der Waals surface area contributed by atoms with Gasteiger partial charge < -0.3 is 19.5 Å². The second-order valence-electron chi connectivity index (χ2n) is 6.97. The molecular formula is C19H21N3O5. The fourth-order valence-corrected chi connectivity index (χ4v) is 4.05. The highest BCUT2D eigenvalue weighted by Gasteiger charge is 2.57. The molecule has 1 N–H and O–H groups in total. The fraction of sp³-hybridized carbons (Fsp3) is 0.421. The van der Waals surface area contributed by atoms with Crippen molar-refractivity contribution < 1.29 is 24.2 Å². The maximum Gasteiger partial charge on any atom is 0.315 e. The van der Waals surface area contributed by atoms with Gasteiger partial charge in [0.25, 0.3) is 0 Å². The van der Waals surface area contributed by atoms with Gasteiger partial charge in [-0.3, -0.25) is 14.3 Å². The zero-order valence-electron chi connectivity index (χ0n) is 15.0. The smallest absolute Gasteiger partial charge is 0.315 e. The Morgan fingerprint density at radius 1 is 1.41 bits per heavy atom. The van der Waals surface area contributed by atoms with Crippen LogP contribution in [0.2, 0.25) is 0 Å². The summed E-state index contributed by atoms with van der Waals surface area (Å²) in [6.45, 7) is 0.979. The van der Waals surface area contributed by atoms with E-state index in [1.54, 1.807) is 41.2 Å². The number of hydrogen-bond acceptors (Lipinski definition) is 5. The number of carbonyl (C=O) groups is 2. The average Bonchev–Trinajstić information content (AvgIpc) is 3.33. The molecule has 1 aromatic carbocycles. The summed E-state index contributed by atoms with van der Waals surface area (Å²) >= 11 is 0. The molecule has 2 aromatic rings. The molecule has 2 atom stereocenters. The van der Waals surface area contributed by atoms with Crippen LogP contribution in [0.4, 0.5) is 0 Å². The van der Waals surface area contributed by atoms with Crippen molar-refractivity contribution in [2.75, 3.05) is 26.8 Å². The number of benzene rings is 1. The van der Waals surface area contributed by atoms with Crippen LogP contribution in [0.15, 0.2) is 36.7 Å². The van der Waals surface area contributed by atoms with Gasteiger partial charge in [0.1, 0.15) is 12.0 Å². The van der Waals surface area contributed by atoms with E-state index < -0.39 is 11.4 Å². The highest BCUT2D eigenvalue weighted by atomic mass is 16.5. The Morgan fingerprint density at radius 2 is 2.26 bits per heavy atom. The number of fused-ring (bicyclic) bond motifs is 3. The summed E-state index contributed by atoms with van der Waals surface area (Å²) in [6.07, 6.45) is 3.73. The van der Waals surface area contributed by atoms with E-state index >= 15 is 0 Å². The van der Waals surface area contributed by atoms with Crippen LogP contribution >= 0.6 is 0 Å². The first-order valence-electron chi connectivity index (χ1n) is 8.83. The highest BCUT2D eigenvalue weighted by Crippen LogP contribution is 2.52. The van der Waals surface area contributed by atoms with Crippen molar-refractivity contribution in [3.8, 4) is 11.5 Å². The third-order valence-corrected chi connectivity index (χ3v) is 5.51. The number of ether oxygens (including phenoxy) is 2. The van der Waals surface area contributed by atoms with Gasteiger partial charge in [-0.25, -0.2) is 0 Å². The molecule has 0 bridgehead atoms. The molecule has 4 rings (SSSR count). The third kappa shape index (κ3) is 2.81. The minimum atomic E-state index is -1.14. The van der Waals surface area contributed by atoms with Gasteiger partial charge in [-0.15, -0.1) is 0 Å². The minimum Gasteiger partial charge on any atom is -0.493 e. The average molecular weight is 371 g/mol. The minimum absolute atomic E-state index is 0.0172. The topological polar surface area (TPSA) is 93.9 Å². The second-order valence-corrected chi connectivity index (χ2v) is 6.97. The molecule has 0 unspecified atom stereocenters. The Balaban J connectivity index is 1.59. The van der Waals surface area contributed by atoms with Crippen molar-refractivity contribution in [1.82, 2.24) is 14.7 Å². The molecule has 2 aliphatic heterocycles. The number of carboxylic acid groups (broad SMARTS) is 1. The summed E-state index contributed by atoms with van der Waals surface area (Å²) < 4.78 is 12.9. The van der Waals surface area contributed by atoms with Gasteiger partial charge in [0.15, 0.2) is 11.5 Å². The number of amides is 1. The monoisotopic (exact) mass is 371 g/mol. The van der Waals surface area contributed by atoms with Gasteiger partial charge in [-0.2, -0.15) is 5.10 Å². The number of hydrogen-bond donors (Lipinski definition) is 1. The number of rotatable bonds is 5. The summed E-state index contributed by atoms with van der Waals surface area (Å²) in [7, 11) is 1.55. The van der Waals surface area contributed by atoms with Crippen LogP contribution in [0.5, 0.6) is 11.5 Å². The highest BCUT2D eigenvalue weighted by molar-refractivity contribution is 5.83. The predicted molar refractivity (Wildman–Crippen MR) is 94.7 cm³/mol. The molecule has 1 saturated heterocycles. The van der Waals surface area contributed by atoms with E-state index in [1.165, 1.54) is 0 Å². The number of carbonyl (C=O) groups excluding carboxylic acids is 1. The van der Waals surface area contributed by atoms with Crippen LogP contribution in [0, 0.1) is 5.41 Å². The van der Waals surface area contributed by atoms with Crippen LogP contribution in [0.1, 0.15) is 17.9 Å². The Kier molecular flexibility index (Phi) is 4.25. The lowest BCUT2D eigenvalue weighted by molar-refractivity contribution is -0.152. The van der Waals surface area contributed by atoms with Gasteiger partial charge in [0, 0.05) is 49.9 Å². The maximum atomic E-state index is 12.7. The number of aliphatic carboxylic acids is 1. The van der Waals surface area contributed by atoms with Crippen LogP contribution in [-0.2, 0) is 16.1 Å². The molecular weight excluding hydrogens is 350 g/mol. The summed E-state index contributed by atoms with van der Waals surface area (Å²) in [4.78, 5) is 26.5. The molecule has 0 spiro atoms. The Bertz CT molecular complexity index is 866. The lowest BCUT2D eigenvalue weighted by Crippen LogP contribution is -2.46. The van der Waals surface area contributed by atoms with Gasteiger partial charge in [0.2, 0.25) is 5.91 Å². The zero-order valence-corrected chi connectivity index (χ0v) is 15.0. The standard InChI is InChI=1S/C19H21N3O5/c1-26-15-5-2-4-13-14-10-21(16(23)6-9-22-8-3-7-20-22)11-19(14,18(24)25)12-27-17(13)15/h2-5,7-8,14H,6,9-12H2,1H3,(H,24,25)/t14-,19-/m1/s1. The van der Waals surface area contributed by atoms with Gasteiger partial charge in [-0.1, -0.05) is 12.1 Å². The van der Waals surface area contributed by atoms with Crippen molar-refractivity contribution in [3.05, 3.63) is 42.2 Å². The van der Waals surface area contributed by atoms with Crippen molar-refractivity contribution in [2.45, 2.75) is 18.9 Å². The number of nitrogens with zero attached hydrogens (tertiary/aromatic N) is 3. The van der Waals surface area contributed by atoms with Crippen molar-refractivity contribution in [3.63, 3.8) is 0 Å². The quantitative estimate of drug-likeness (QED) is 0.853. The van der Waals surface area contributed by atoms with E-state index in [2.05, 4.69) is 5.10 Å². The van der Waals surface area contributed by atoms with Gasteiger partial charge in [-0.05, 0) is 12.1 Å². The maximum absolute atomic E-state index is 12.7. The van der Waals surface area contributed by atoms with Crippen LogP contribution in [0.25, 0.3) is 0 Å². The lowest BCUT2D eigenvalue weighted by atomic mass is 9.73. The first-order valence-corrected chi connectivity index (χ1v) is 8.83. The molecule has 1 amide bonds. The molecule has 0 radical (unpaired) electrons. The molecule has 1 fully saturated rings. The largest absolute Gasteiger partial charge is 0.493 e. The van der Waals surface area contributed by atoms with Crippen LogP contribution in [-0.4, -0.2) is 58.5 Å². The van der Waals surface area contributed by atoms with E-state index in [1.807, 2.05) is 12.1 Å². The van der Waals surface area contributed by atoms with Crippen molar-refractivity contribution in [2.24, 2.45) is 5.41 Å². The van der Waals surface area contributed by atoms with Crippen LogP contribution < -0.4 is 9.47 Å². The Labute approximate surface area is 156 Å². The second kappa shape index (κ2) is 6.61. The van der Waals surface area contributed by atoms with Crippen molar-refractivity contribution in [1.29, 1.82) is 0 Å². The first-order chi connectivity index (χ1) is 13.0. The molecule has 8 nitrogen and oxygen atoms in total. The number of aryl methyl sites for hydroxylation is 1. The molecule has 0 aliphatic carbocycles. The van der Waals surface area contributed by atoms with E-state index in [0.29, 0.717) is 24.6 Å². The number of carboxylic acids is 1. The lowest BCUT2D eigenvalue weighted by Gasteiger charge is -2.36. The van der Waals surface area contributed by atoms with E-state index in [0.717, 1.165) is 5.56 Å². The summed E-state index contributed by atoms with van der Waals surface area (Å²) in [5.41, 5.74) is -0.355. The molecule has 1 aromatic heterocycles. The van der Waals surface area contributed by atoms with E-state index in [-0.39, 0.29) is 31.4 Å². The molecule has 142 valence electrons. The number of aromatic nitrogens is 2. The predicted octanol–water partition coefficient (Wildman–Crippen LogP) is 1.37. The third-order valence-electron chi connectivity index (χ3n) is 5.51. The van der Waals surface area contributed by atoms with E-state index in [4.69, 9.17) is 9.47 Å². The number of likely N-dealkylation sites (tertiary alicyclic amines) is 1. The number of methoxy groups -OCH3 is 1. The summed E-state index contributed by atoms with van der Waals surface area (Å²) in [5, 5.41) is 14.1. The first kappa shape index (κ1) is 17.4. The molecule has 2 aliphatic rings. The van der Waals surface area contributed by atoms with Gasteiger partial charge in [0.05, 0.1) is 7.11 Å². The summed E-state index contributed by atoms with van der Waals surface area (Å²) in [5.74, 6) is -0.196. The van der Waals surface area contributed by atoms with Gasteiger partial charge >= 0.3 is 5.97 Å². The SMILES string of the molecule is COc1cccc2c1OC[C@]1(C(=O)O)CN(C(=O)CCn3cccn3)C[C@H]21. The molecule has 8 heteroatoms. The van der Waals surface area contributed by atoms with Crippen LogP contribution in [0.3, 0.4) is 0 Å². The Hall–Kier alpha value is -3.03. The van der Waals surface area contributed by atoms with E-state index in [9.17, 15) is 14.7 Å². The Morgan fingerprint density at radius 3 is 2.96 bits per heavy atom. The fourth-order valence-electron chi connectivity index (χ4n) is 4.05. The molecule has 27 heavy (non-hydrogen) atoms. The summed E-state index contributed by atoms with van der Waals surface area (Å²) in [6, 6.07) is 7.27. The van der Waals surface area contributed by atoms with Crippen molar-refractivity contribution >= 4 is 11.9 Å². The number of para-hydroxylation sites is 1.